The molecule has 190 valence electrons. The molecule has 0 radical (unpaired) electrons. The summed E-state index contributed by atoms with van der Waals surface area (Å²) in [4.78, 5) is 55.3. The highest BCUT2D eigenvalue weighted by atomic mass is 16.5. The molecule has 8 heteroatoms. The number of para-hydroxylation sites is 1. The number of nitrogens with zero attached hydrogens (tertiary/aromatic N) is 2. The predicted molar refractivity (Wildman–Crippen MR) is 133 cm³/mol. The molecule has 0 unspecified atom stereocenters. The highest BCUT2D eigenvalue weighted by molar-refractivity contribution is 6.07. The van der Waals surface area contributed by atoms with Crippen molar-refractivity contribution in [1.82, 2.24) is 4.90 Å². The lowest BCUT2D eigenvalue weighted by atomic mass is 9.72. The Morgan fingerprint density at radius 2 is 1.72 bits per heavy atom. The largest absolute Gasteiger partial charge is 0.466 e. The van der Waals surface area contributed by atoms with Crippen LogP contribution in [-0.4, -0.2) is 60.5 Å². The maximum atomic E-state index is 14.1. The third-order valence-electron chi connectivity index (χ3n) is 7.17. The molecule has 2 aromatic rings. The first kappa shape index (κ1) is 25.4. The molecule has 1 fully saturated rings. The SMILES string of the molecule is CCOC(=O)[C@H]1CN(C(=O)CCc2ccccc2)[C@]2(C)C(=O)N(CCOC(C)=O)c3ccccc3[C@H]12. The summed E-state index contributed by atoms with van der Waals surface area (Å²) >= 11 is 0. The molecular formula is C28H32N2O6. The zero-order valence-electron chi connectivity index (χ0n) is 20.9. The first-order valence-corrected chi connectivity index (χ1v) is 12.3. The second kappa shape index (κ2) is 10.5. The van der Waals surface area contributed by atoms with Crippen molar-refractivity contribution in [3.05, 3.63) is 65.7 Å². The second-order valence-corrected chi connectivity index (χ2v) is 9.33. The minimum Gasteiger partial charge on any atom is -0.466 e. The van der Waals surface area contributed by atoms with Gasteiger partial charge in [0, 0.05) is 31.5 Å². The fourth-order valence-electron chi connectivity index (χ4n) is 5.55. The standard InChI is InChI=1S/C28H32N2O6/c1-4-35-26(33)22-18-30(24(32)15-14-20-10-6-5-7-11-20)28(3)25(22)21-12-8-9-13-23(21)29(27(28)34)16-17-36-19(2)31/h5-13,22,25H,4,14-18H2,1-3H3/t22-,25+,28-/m0/s1. The van der Waals surface area contributed by atoms with Crippen molar-refractivity contribution in [1.29, 1.82) is 0 Å². The third-order valence-corrected chi connectivity index (χ3v) is 7.17. The summed E-state index contributed by atoms with van der Waals surface area (Å²) in [6.07, 6.45) is 0.742. The number of anilines is 1. The Bertz CT molecular complexity index is 1150. The van der Waals surface area contributed by atoms with Crippen LogP contribution in [0, 0.1) is 5.92 Å². The van der Waals surface area contributed by atoms with Crippen LogP contribution >= 0.6 is 0 Å². The molecule has 0 saturated carbocycles. The Morgan fingerprint density at radius 3 is 2.42 bits per heavy atom. The quantitative estimate of drug-likeness (QED) is 0.526. The van der Waals surface area contributed by atoms with E-state index < -0.39 is 29.3 Å². The van der Waals surface area contributed by atoms with Gasteiger partial charge in [-0.15, -0.1) is 0 Å². The van der Waals surface area contributed by atoms with Crippen molar-refractivity contribution in [2.75, 3.05) is 31.2 Å². The Balaban J connectivity index is 1.72. The van der Waals surface area contributed by atoms with Crippen LogP contribution in [0.15, 0.2) is 54.6 Å². The Labute approximate surface area is 211 Å². The Hall–Kier alpha value is -3.68. The number of likely N-dealkylation sites (tertiary alicyclic amines) is 1. The smallest absolute Gasteiger partial charge is 0.311 e. The van der Waals surface area contributed by atoms with Gasteiger partial charge >= 0.3 is 11.9 Å². The van der Waals surface area contributed by atoms with Crippen LogP contribution in [0.4, 0.5) is 5.69 Å². The van der Waals surface area contributed by atoms with Gasteiger partial charge in [0.2, 0.25) is 5.91 Å². The van der Waals surface area contributed by atoms with Crippen LogP contribution in [0.25, 0.3) is 0 Å². The first-order chi connectivity index (χ1) is 17.3. The maximum Gasteiger partial charge on any atom is 0.311 e. The fourth-order valence-corrected chi connectivity index (χ4v) is 5.55. The van der Waals surface area contributed by atoms with Crippen molar-refractivity contribution in [3.63, 3.8) is 0 Å². The highest BCUT2D eigenvalue weighted by Crippen LogP contribution is 2.53. The van der Waals surface area contributed by atoms with E-state index in [0.717, 1.165) is 11.1 Å². The van der Waals surface area contributed by atoms with Crippen molar-refractivity contribution in [3.8, 4) is 0 Å². The molecule has 0 aliphatic carbocycles. The molecule has 2 aliphatic rings. The number of carbonyl (C=O) groups excluding carboxylic acids is 4. The zero-order valence-corrected chi connectivity index (χ0v) is 20.9. The van der Waals surface area contributed by atoms with Crippen molar-refractivity contribution >= 4 is 29.4 Å². The lowest BCUT2D eigenvalue weighted by molar-refractivity contribution is -0.148. The van der Waals surface area contributed by atoms with Gasteiger partial charge in [-0.3, -0.25) is 19.2 Å². The number of hydrogen-bond donors (Lipinski definition) is 0. The van der Waals surface area contributed by atoms with Crippen LogP contribution in [-0.2, 0) is 35.1 Å². The number of carbonyl (C=O) groups is 4. The summed E-state index contributed by atoms with van der Waals surface area (Å²) in [7, 11) is 0. The van der Waals surface area contributed by atoms with E-state index in [1.807, 2.05) is 54.6 Å². The first-order valence-electron chi connectivity index (χ1n) is 12.3. The third kappa shape index (κ3) is 4.59. The summed E-state index contributed by atoms with van der Waals surface area (Å²) < 4.78 is 10.5. The molecule has 36 heavy (non-hydrogen) atoms. The van der Waals surface area contributed by atoms with Crippen molar-refractivity contribution in [2.24, 2.45) is 5.92 Å². The molecule has 2 amide bonds. The number of aryl methyl sites for hydroxylation is 1. The second-order valence-electron chi connectivity index (χ2n) is 9.33. The lowest BCUT2D eigenvalue weighted by Gasteiger charge is -2.46. The van der Waals surface area contributed by atoms with Gasteiger partial charge < -0.3 is 19.3 Å². The van der Waals surface area contributed by atoms with Gasteiger partial charge in [0.1, 0.15) is 12.1 Å². The zero-order chi connectivity index (χ0) is 25.9. The van der Waals surface area contributed by atoms with Gasteiger partial charge in [0.15, 0.2) is 0 Å². The van der Waals surface area contributed by atoms with Crippen molar-refractivity contribution < 1.29 is 28.7 Å². The van der Waals surface area contributed by atoms with E-state index in [1.54, 1.807) is 23.6 Å². The molecule has 8 nitrogen and oxygen atoms in total. The van der Waals surface area contributed by atoms with E-state index >= 15 is 0 Å². The van der Waals surface area contributed by atoms with Gasteiger partial charge in [0.25, 0.3) is 5.91 Å². The minimum atomic E-state index is -1.28. The number of rotatable bonds is 8. The van der Waals surface area contributed by atoms with Crippen LogP contribution in [0.3, 0.4) is 0 Å². The normalized spacial score (nSPS) is 22.6. The Kier molecular flexibility index (Phi) is 7.43. The van der Waals surface area contributed by atoms with E-state index in [-0.39, 0.29) is 44.5 Å². The van der Waals surface area contributed by atoms with Gasteiger partial charge in [-0.25, -0.2) is 0 Å². The van der Waals surface area contributed by atoms with E-state index in [0.29, 0.717) is 12.1 Å². The van der Waals surface area contributed by atoms with Gasteiger partial charge in [-0.1, -0.05) is 48.5 Å². The minimum absolute atomic E-state index is 0.0272. The molecule has 2 aliphatic heterocycles. The molecule has 0 N–H and O–H groups in total. The summed E-state index contributed by atoms with van der Waals surface area (Å²) in [5.41, 5.74) is 1.20. The van der Waals surface area contributed by atoms with Crippen molar-refractivity contribution in [2.45, 2.75) is 45.1 Å². The highest BCUT2D eigenvalue weighted by Gasteiger charge is 2.63. The average Bonchev–Trinajstić information content (AvgIpc) is 3.20. The summed E-state index contributed by atoms with van der Waals surface area (Å²) in [5.74, 6) is -2.55. The van der Waals surface area contributed by atoms with Crippen LogP contribution in [0.1, 0.15) is 44.2 Å². The summed E-state index contributed by atoms with van der Waals surface area (Å²) in [5, 5.41) is 0. The molecule has 2 heterocycles. The predicted octanol–water partition coefficient (Wildman–Crippen LogP) is 3.09. The number of ether oxygens (including phenoxy) is 2. The molecule has 0 aromatic heterocycles. The monoisotopic (exact) mass is 492 g/mol. The van der Waals surface area contributed by atoms with Crippen LogP contribution in [0.2, 0.25) is 0 Å². The molecular weight excluding hydrogens is 460 g/mol. The van der Waals surface area contributed by atoms with E-state index in [1.165, 1.54) is 6.92 Å². The van der Waals surface area contributed by atoms with Gasteiger partial charge in [-0.05, 0) is 37.5 Å². The van der Waals surface area contributed by atoms with Crippen LogP contribution < -0.4 is 4.90 Å². The van der Waals surface area contributed by atoms with Crippen LogP contribution in [0.5, 0.6) is 0 Å². The fraction of sp³-hybridized carbons (Fsp3) is 0.429. The maximum absolute atomic E-state index is 14.1. The lowest BCUT2D eigenvalue weighted by Crippen LogP contribution is -2.62. The average molecular weight is 493 g/mol. The molecule has 1 saturated heterocycles. The Morgan fingerprint density at radius 1 is 1.03 bits per heavy atom. The topological polar surface area (TPSA) is 93.2 Å². The molecule has 0 spiro atoms. The number of esters is 2. The van der Waals surface area contributed by atoms with E-state index in [9.17, 15) is 19.2 Å². The molecule has 0 bridgehead atoms. The van der Waals surface area contributed by atoms with E-state index in [2.05, 4.69) is 0 Å². The molecule has 3 atom stereocenters. The number of benzene rings is 2. The number of hydrogen-bond acceptors (Lipinski definition) is 6. The van der Waals surface area contributed by atoms with E-state index in [4.69, 9.17) is 9.47 Å². The molecule has 2 aromatic carbocycles. The molecule has 4 rings (SSSR count). The number of amides is 2. The van der Waals surface area contributed by atoms with Gasteiger partial charge in [0.05, 0.1) is 19.1 Å². The number of fused-ring (bicyclic) bond motifs is 3. The van der Waals surface area contributed by atoms with Gasteiger partial charge in [-0.2, -0.15) is 0 Å². The summed E-state index contributed by atoms with van der Waals surface area (Å²) in [6, 6.07) is 17.1. The summed E-state index contributed by atoms with van der Waals surface area (Å²) in [6.45, 7) is 5.29.